The number of carboxylic acids is 1. The molecule has 3 nitrogen and oxygen atoms in total. The Balaban J connectivity index is 2.31. The molecule has 2 aromatic heterocycles. The van der Waals surface area contributed by atoms with Crippen molar-refractivity contribution >= 4 is 28.6 Å². The fourth-order valence-electron chi connectivity index (χ4n) is 1.06. The molecule has 0 aliphatic carbocycles. The average molecular weight is 261 g/mol. The van der Waals surface area contributed by atoms with Gasteiger partial charge in [0, 0.05) is 10.8 Å². The Morgan fingerprint density at radius 3 is 2.62 bits per heavy atom. The molecule has 0 atom stereocenters. The second kappa shape index (κ2) is 4.26. The number of rotatable bonds is 3. The molecule has 0 unspecified atom stereocenters. The number of carbonyl (C=O) groups is 1. The zero-order valence-electron chi connectivity index (χ0n) is 7.68. The number of nitrogens with zero attached hydrogens (tertiary/aromatic N) is 1. The van der Waals surface area contributed by atoms with Crippen LogP contribution in [-0.4, -0.2) is 16.1 Å². The van der Waals surface area contributed by atoms with Crippen LogP contribution in [-0.2, 0) is 0 Å². The molecule has 84 valence electrons. The van der Waals surface area contributed by atoms with E-state index in [4.69, 9.17) is 5.11 Å². The molecule has 0 saturated carbocycles. The van der Waals surface area contributed by atoms with E-state index in [1.807, 2.05) is 0 Å². The number of hydrogen-bond acceptors (Lipinski definition) is 4. The fraction of sp³-hybridized carbons (Fsp3) is 0.111. The summed E-state index contributed by atoms with van der Waals surface area (Å²) >= 11 is 2.26. The molecule has 0 radical (unpaired) electrons. The number of thiazole rings is 1. The van der Waals surface area contributed by atoms with Crippen LogP contribution < -0.4 is 0 Å². The maximum absolute atomic E-state index is 12.3. The number of thiophene rings is 1. The highest BCUT2D eigenvalue weighted by molar-refractivity contribution is 7.20. The molecule has 0 fully saturated rings. The first-order valence-electron chi connectivity index (χ1n) is 4.13. The third-order valence-electron chi connectivity index (χ3n) is 1.80. The van der Waals surface area contributed by atoms with Crippen molar-refractivity contribution in [3.8, 4) is 9.88 Å². The number of hydrogen-bond donors (Lipinski definition) is 1. The van der Waals surface area contributed by atoms with Crippen LogP contribution >= 0.6 is 22.7 Å². The molecule has 0 aliphatic heterocycles. The summed E-state index contributed by atoms with van der Waals surface area (Å²) in [6.45, 7) is 0. The Morgan fingerprint density at radius 1 is 1.38 bits per heavy atom. The molecule has 16 heavy (non-hydrogen) atoms. The van der Waals surface area contributed by atoms with E-state index in [1.165, 1.54) is 28.2 Å². The van der Waals surface area contributed by atoms with Crippen LogP contribution in [0.1, 0.15) is 22.5 Å². The van der Waals surface area contributed by atoms with E-state index >= 15 is 0 Å². The topological polar surface area (TPSA) is 50.2 Å². The van der Waals surface area contributed by atoms with E-state index in [0.717, 1.165) is 11.3 Å². The van der Waals surface area contributed by atoms with Crippen LogP contribution in [0, 0.1) is 0 Å². The highest BCUT2D eigenvalue weighted by atomic mass is 32.1. The summed E-state index contributed by atoms with van der Waals surface area (Å²) in [5, 5.41) is 11.9. The van der Waals surface area contributed by atoms with Crippen LogP contribution in [0.5, 0.6) is 0 Å². The SMILES string of the molecule is O=C(O)c1csc(-c2nc(C(F)F)cs2)c1. The molecule has 1 N–H and O–H groups in total. The van der Waals surface area contributed by atoms with Crippen molar-refractivity contribution in [2.24, 2.45) is 0 Å². The summed E-state index contributed by atoms with van der Waals surface area (Å²) in [6, 6.07) is 1.43. The summed E-state index contributed by atoms with van der Waals surface area (Å²) in [7, 11) is 0. The van der Waals surface area contributed by atoms with Gasteiger partial charge in [0.15, 0.2) is 0 Å². The predicted octanol–water partition coefficient (Wildman–Crippen LogP) is 3.51. The molecule has 0 bridgehead atoms. The first kappa shape index (κ1) is 11.2. The molecular weight excluding hydrogens is 256 g/mol. The Kier molecular flexibility index (Phi) is 2.97. The molecule has 0 saturated heterocycles. The zero-order chi connectivity index (χ0) is 11.7. The number of carboxylic acid groups (broad SMARTS) is 1. The molecule has 2 aromatic rings. The van der Waals surface area contributed by atoms with E-state index in [1.54, 1.807) is 0 Å². The lowest BCUT2D eigenvalue weighted by Gasteiger charge is -1.90. The number of alkyl halides is 2. The smallest absolute Gasteiger partial charge is 0.336 e. The van der Waals surface area contributed by atoms with Gasteiger partial charge in [-0.25, -0.2) is 18.6 Å². The molecule has 7 heteroatoms. The Hall–Kier alpha value is -1.34. The lowest BCUT2D eigenvalue weighted by atomic mass is 10.3. The normalized spacial score (nSPS) is 10.9. The first-order chi connectivity index (χ1) is 7.58. The van der Waals surface area contributed by atoms with E-state index in [0.29, 0.717) is 9.88 Å². The minimum absolute atomic E-state index is 0.147. The summed E-state index contributed by atoms with van der Waals surface area (Å²) < 4.78 is 24.6. The van der Waals surface area contributed by atoms with Crippen LogP contribution in [0.3, 0.4) is 0 Å². The lowest BCUT2D eigenvalue weighted by molar-refractivity contribution is 0.0697. The van der Waals surface area contributed by atoms with Crippen molar-refractivity contribution in [3.05, 3.63) is 28.1 Å². The summed E-state index contributed by atoms with van der Waals surface area (Å²) in [5.41, 5.74) is -0.126. The minimum atomic E-state index is -2.59. The molecular formula is C9H5F2NO2S2. The van der Waals surface area contributed by atoms with Crippen molar-refractivity contribution in [1.82, 2.24) is 4.98 Å². The lowest BCUT2D eigenvalue weighted by Crippen LogP contribution is -1.91. The van der Waals surface area contributed by atoms with Gasteiger partial charge in [-0.15, -0.1) is 22.7 Å². The average Bonchev–Trinajstić information content (AvgIpc) is 2.86. The Labute approximate surface area is 97.0 Å². The van der Waals surface area contributed by atoms with Crippen molar-refractivity contribution in [2.75, 3.05) is 0 Å². The van der Waals surface area contributed by atoms with Crippen molar-refractivity contribution in [1.29, 1.82) is 0 Å². The van der Waals surface area contributed by atoms with Gasteiger partial charge in [-0.05, 0) is 6.07 Å². The van der Waals surface area contributed by atoms with Gasteiger partial charge >= 0.3 is 5.97 Å². The predicted molar refractivity (Wildman–Crippen MR) is 57.3 cm³/mol. The van der Waals surface area contributed by atoms with Crippen LogP contribution in [0.15, 0.2) is 16.8 Å². The van der Waals surface area contributed by atoms with Gasteiger partial charge in [0.2, 0.25) is 0 Å². The van der Waals surface area contributed by atoms with Crippen molar-refractivity contribution < 1.29 is 18.7 Å². The van der Waals surface area contributed by atoms with Crippen LogP contribution in [0.2, 0.25) is 0 Å². The quantitative estimate of drug-likeness (QED) is 0.919. The monoisotopic (exact) mass is 261 g/mol. The van der Waals surface area contributed by atoms with Gasteiger partial charge in [-0.3, -0.25) is 0 Å². The fourth-order valence-corrected chi connectivity index (χ4v) is 2.83. The molecule has 0 spiro atoms. The van der Waals surface area contributed by atoms with E-state index in [2.05, 4.69) is 4.98 Å². The highest BCUT2D eigenvalue weighted by Crippen LogP contribution is 2.32. The van der Waals surface area contributed by atoms with Crippen LogP contribution in [0.4, 0.5) is 8.78 Å². The number of halogens is 2. The molecule has 0 aromatic carbocycles. The van der Waals surface area contributed by atoms with E-state index in [9.17, 15) is 13.6 Å². The van der Waals surface area contributed by atoms with Gasteiger partial charge < -0.3 is 5.11 Å². The van der Waals surface area contributed by atoms with Gasteiger partial charge in [0.1, 0.15) is 10.7 Å². The standard InChI is InChI=1S/C9H5F2NO2S2/c10-7(11)5-3-16-8(12-5)6-1-4(2-15-6)9(13)14/h1-3,7H,(H,13,14). The maximum atomic E-state index is 12.3. The Morgan fingerprint density at radius 2 is 2.12 bits per heavy atom. The second-order valence-electron chi connectivity index (χ2n) is 2.88. The van der Waals surface area contributed by atoms with Gasteiger partial charge in [-0.1, -0.05) is 0 Å². The van der Waals surface area contributed by atoms with Crippen LogP contribution in [0.25, 0.3) is 9.88 Å². The van der Waals surface area contributed by atoms with Gasteiger partial charge in [-0.2, -0.15) is 0 Å². The zero-order valence-corrected chi connectivity index (χ0v) is 9.32. The van der Waals surface area contributed by atoms with Gasteiger partial charge in [0.25, 0.3) is 6.43 Å². The minimum Gasteiger partial charge on any atom is -0.478 e. The molecule has 0 aliphatic rings. The second-order valence-corrected chi connectivity index (χ2v) is 4.65. The highest BCUT2D eigenvalue weighted by Gasteiger charge is 2.15. The van der Waals surface area contributed by atoms with Crippen molar-refractivity contribution in [3.63, 3.8) is 0 Å². The Bertz CT molecular complexity index is 521. The van der Waals surface area contributed by atoms with E-state index < -0.39 is 12.4 Å². The summed E-state index contributed by atoms with van der Waals surface area (Å²) in [5.74, 6) is -1.03. The molecule has 2 heterocycles. The van der Waals surface area contributed by atoms with Gasteiger partial charge in [0.05, 0.1) is 10.4 Å². The van der Waals surface area contributed by atoms with Crippen molar-refractivity contribution in [2.45, 2.75) is 6.43 Å². The molecule has 0 amide bonds. The number of aromatic carboxylic acids is 1. The maximum Gasteiger partial charge on any atom is 0.336 e. The van der Waals surface area contributed by atoms with E-state index in [-0.39, 0.29) is 11.3 Å². The number of aromatic nitrogens is 1. The third kappa shape index (κ3) is 2.10. The summed E-state index contributed by atoms with van der Waals surface area (Å²) in [6.07, 6.45) is -2.59. The molecule has 2 rings (SSSR count). The first-order valence-corrected chi connectivity index (χ1v) is 5.89. The summed E-state index contributed by atoms with van der Waals surface area (Å²) in [4.78, 5) is 15.0. The third-order valence-corrected chi connectivity index (χ3v) is 3.76. The largest absolute Gasteiger partial charge is 0.478 e.